The van der Waals surface area contributed by atoms with Crippen molar-refractivity contribution >= 4 is 17.7 Å². The predicted molar refractivity (Wildman–Crippen MR) is 77.8 cm³/mol. The van der Waals surface area contributed by atoms with Gasteiger partial charge in [0.1, 0.15) is 5.75 Å². The molecule has 1 aliphatic rings. The molecule has 0 atom stereocenters. The zero-order valence-corrected chi connectivity index (χ0v) is 12.0. The summed E-state index contributed by atoms with van der Waals surface area (Å²) < 4.78 is 5.45. The minimum Gasteiger partial charge on any atom is -0.494 e. The molecule has 1 fully saturated rings. The molecular weight excluding hydrogens is 260 g/mol. The van der Waals surface area contributed by atoms with Gasteiger partial charge in [0.15, 0.2) is 0 Å². The van der Waals surface area contributed by atoms with Crippen molar-refractivity contribution in [1.82, 2.24) is 10.2 Å². The lowest BCUT2D eigenvalue weighted by Crippen LogP contribution is -2.47. The minimum atomic E-state index is 0.216. The van der Waals surface area contributed by atoms with Crippen LogP contribution in [-0.4, -0.2) is 49.3 Å². The quantitative estimate of drug-likeness (QED) is 0.832. The minimum absolute atomic E-state index is 0.216. The van der Waals surface area contributed by atoms with E-state index in [1.165, 1.54) is 0 Å². The Morgan fingerprint density at radius 2 is 2.21 bits per heavy atom. The Balaban J connectivity index is 1.83. The summed E-state index contributed by atoms with van der Waals surface area (Å²) in [6, 6.07) is 7.89. The summed E-state index contributed by atoms with van der Waals surface area (Å²) in [5, 5.41) is 3.25. The highest BCUT2D eigenvalue weighted by molar-refractivity contribution is 8.00. The van der Waals surface area contributed by atoms with Crippen LogP contribution in [0.15, 0.2) is 29.2 Å². The van der Waals surface area contributed by atoms with Crippen molar-refractivity contribution in [3.63, 3.8) is 0 Å². The molecular formula is C14H20N2O2S. The average molecular weight is 280 g/mol. The Morgan fingerprint density at radius 3 is 2.95 bits per heavy atom. The molecule has 5 heteroatoms. The monoisotopic (exact) mass is 280 g/mol. The summed E-state index contributed by atoms with van der Waals surface area (Å²) in [5.74, 6) is 1.57. The van der Waals surface area contributed by atoms with E-state index in [1.54, 1.807) is 11.8 Å². The average Bonchev–Trinajstić information content (AvgIpc) is 2.46. The number of benzene rings is 1. The molecule has 19 heavy (non-hydrogen) atoms. The lowest BCUT2D eigenvalue weighted by molar-refractivity contribution is -0.128. The van der Waals surface area contributed by atoms with Crippen molar-refractivity contribution in [3.8, 4) is 5.75 Å². The van der Waals surface area contributed by atoms with Gasteiger partial charge in [0.2, 0.25) is 5.91 Å². The van der Waals surface area contributed by atoms with E-state index in [-0.39, 0.29) is 5.91 Å². The summed E-state index contributed by atoms with van der Waals surface area (Å²) in [6.07, 6.45) is 0. The summed E-state index contributed by atoms with van der Waals surface area (Å²) in [6.45, 7) is 6.06. The number of piperazine rings is 1. The fraction of sp³-hybridized carbons (Fsp3) is 0.500. The number of nitrogens with zero attached hydrogens (tertiary/aromatic N) is 1. The van der Waals surface area contributed by atoms with E-state index >= 15 is 0 Å². The van der Waals surface area contributed by atoms with Crippen molar-refractivity contribution in [3.05, 3.63) is 24.3 Å². The molecule has 1 aliphatic heterocycles. The van der Waals surface area contributed by atoms with Gasteiger partial charge in [0.05, 0.1) is 12.4 Å². The molecule has 1 aromatic carbocycles. The van der Waals surface area contributed by atoms with Crippen LogP contribution < -0.4 is 10.1 Å². The van der Waals surface area contributed by atoms with Gasteiger partial charge in [0, 0.05) is 31.1 Å². The molecule has 0 radical (unpaired) electrons. The Kier molecular flexibility index (Phi) is 5.54. The van der Waals surface area contributed by atoms with Gasteiger partial charge in [-0.05, 0) is 25.1 Å². The van der Waals surface area contributed by atoms with E-state index in [1.807, 2.05) is 36.1 Å². The second-order valence-corrected chi connectivity index (χ2v) is 5.38. The van der Waals surface area contributed by atoms with E-state index in [0.29, 0.717) is 12.4 Å². The number of thioether (sulfide) groups is 1. The van der Waals surface area contributed by atoms with Gasteiger partial charge in [-0.3, -0.25) is 4.79 Å². The SMILES string of the molecule is CCOc1cccc(SCC(=O)N2CCNCC2)c1. The van der Waals surface area contributed by atoms with Crippen molar-refractivity contribution in [2.24, 2.45) is 0 Å². The number of carbonyl (C=O) groups excluding carboxylic acids is 1. The zero-order valence-electron chi connectivity index (χ0n) is 11.2. The van der Waals surface area contributed by atoms with Crippen molar-refractivity contribution in [1.29, 1.82) is 0 Å². The Hall–Kier alpha value is -1.20. The molecule has 1 aromatic rings. The lowest BCUT2D eigenvalue weighted by Gasteiger charge is -2.27. The molecule has 0 bridgehead atoms. The number of amides is 1. The third-order valence-corrected chi connectivity index (χ3v) is 3.93. The van der Waals surface area contributed by atoms with Crippen LogP contribution in [0.4, 0.5) is 0 Å². The third-order valence-electron chi connectivity index (χ3n) is 2.95. The highest BCUT2D eigenvalue weighted by Crippen LogP contribution is 2.23. The Labute approximate surface area is 118 Å². The topological polar surface area (TPSA) is 41.6 Å². The largest absolute Gasteiger partial charge is 0.494 e. The number of ether oxygens (including phenoxy) is 1. The van der Waals surface area contributed by atoms with Crippen LogP contribution in [0.3, 0.4) is 0 Å². The summed E-state index contributed by atoms with van der Waals surface area (Å²) in [7, 11) is 0. The smallest absolute Gasteiger partial charge is 0.233 e. The van der Waals surface area contributed by atoms with Crippen molar-refractivity contribution < 1.29 is 9.53 Å². The number of carbonyl (C=O) groups is 1. The van der Waals surface area contributed by atoms with E-state index < -0.39 is 0 Å². The van der Waals surface area contributed by atoms with Gasteiger partial charge < -0.3 is 15.0 Å². The van der Waals surface area contributed by atoms with Crippen LogP contribution in [0.5, 0.6) is 5.75 Å². The van der Waals surface area contributed by atoms with Crippen LogP contribution in [0, 0.1) is 0 Å². The molecule has 0 unspecified atom stereocenters. The maximum absolute atomic E-state index is 12.0. The standard InChI is InChI=1S/C14H20N2O2S/c1-2-18-12-4-3-5-13(10-12)19-11-14(17)16-8-6-15-7-9-16/h3-5,10,15H,2,6-9,11H2,1H3. The molecule has 1 saturated heterocycles. The Bertz CT molecular complexity index is 420. The fourth-order valence-electron chi connectivity index (χ4n) is 1.97. The number of hydrogen-bond donors (Lipinski definition) is 1. The molecule has 0 aliphatic carbocycles. The lowest BCUT2D eigenvalue weighted by atomic mass is 10.3. The predicted octanol–water partition coefficient (Wildman–Crippen LogP) is 1.61. The molecule has 0 saturated carbocycles. The first-order valence-corrected chi connectivity index (χ1v) is 7.62. The molecule has 1 heterocycles. The van der Waals surface area contributed by atoms with E-state index in [2.05, 4.69) is 5.32 Å². The molecule has 0 spiro atoms. The second kappa shape index (κ2) is 7.40. The third kappa shape index (κ3) is 4.44. The maximum Gasteiger partial charge on any atom is 0.233 e. The van der Waals surface area contributed by atoms with Crippen LogP contribution in [0.25, 0.3) is 0 Å². The first-order chi connectivity index (χ1) is 9.29. The summed E-state index contributed by atoms with van der Waals surface area (Å²) in [5.41, 5.74) is 0. The van der Waals surface area contributed by atoms with E-state index in [4.69, 9.17) is 4.74 Å². The first kappa shape index (κ1) is 14.2. The zero-order chi connectivity index (χ0) is 13.5. The molecule has 1 N–H and O–H groups in total. The van der Waals surface area contributed by atoms with Gasteiger partial charge in [0.25, 0.3) is 0 Å². The van der Waals surface area contributed by atoms with Gasteiger partial charge in [-0.25, -0.2) is 0 Å². The normalized spacial score (nSPS) is 15.3. The van der Waals surface area contributed by atoms with E-state index in [0.717, 1.165) is 36.8 Å². The number of rotatable bonds is 5. The molecule has 0 aromatic heterocycles. The highest BCUT2D eigenvalue weighted by Gasteiger charge is 2.15. The molecule has 4 nitrogen and oxygen atoms in total. The van der Waals surface area contributed by atoms with Crippen LogP contribution in [0.1, 0.15) is 6.92 Å². The van der Waals surface area contributed by atoms with E-state index in [9.17, 15) is 4.79 Å². The van der Waals surface area contributed by atoms with Gasteiger partial charge in [-0.1, -0.05) is 6.07 Å². The molecule has 104 valence electrons. The number of hydrogen-bond acceptors (Lipinski definition) is 4. The van der Waals surface area contributed by atoms with Gasteiger partial charge in [-0.2, -0.15) is 0 Å². The van der Waals surface area contributed by atoms with Gasteiger partial charge >= 0.3 is 0 Å². The first-order valence-electron chi connectivity index (χ1n) is 6.63. The van der Waals surface area contributed by atoms with Crippen LogP contribution in [-0.2, 0) is 4.79 Å². The highest BCUT2D eigenvalue weighted by atomic mass is 32.2. The fourth-order valence-corrected chi connectivity index (χ4v) is 2.82. The number of nitrogens with one attached hydrogen (secondary N) is 1. The van der Waals surface area contributed by atoms with Crippen molar-refractivity contribution in [2.75, 3.05) is 38.5 Å². The summed E-state index contributed by atoms with van der Waals surface area (Å²) >= 11 is 1.57. The van der Waals surface area contributed by atoms with Gasteiger partial charge in [-0.15, -0.1) is 11.8 Å². The molecule has 1 amide bonds. The molecule has 2 rings (SSSR count). The van der Waals surface area contributed by atoms with Crippen LogP contribution in [0.2, 0.25) is 0 Å². The van der Waals surface area contributed by atoms with Crippen LogP contribution >= 0.6 is 11.8 Å². The second-order valence-electron chi connectivity index (χ2n) is 4.33. The summed E-state index contributed by atoms with van der Waals surface area (Å²) in [4.78, 5) is 15.0. The Morgan fingerprint density at radius 1 is 1.42 bits per heavy atom. The van der Waals surface area contributed by atoms with Crippen molar-refractivity contribution in [2.45, 2.75) is 11.8 Å². The maximum atomic E-state index is 12.0.